The SMILES string of the molecule is O=C1CCN(C(=O)c2cc(-c3ccco3)on2)CCN1. The first-order valence-electron chi connectivity index (χ1n) is 6.30. The van der Waals surface area contributed by atoms with E-state index in [1.165, 1.54) is 6.26 Å². The van der Waals surface area contributed by atoms with E-state index < -0.39 is 0 Å². The number of rotatable bonds is 2. The van der Waals surface area contributed by atoms with E-state index in [0.717, 1.165) is 0 Å². The van der Waals surface area contributed by atoms with Crippen LogP contribution in [0, 0.1) is 0 Å². The number of nitrogens with zero attached hydrogens (tertiary/aromatic N) is 2. The smallest absolute Gasteiger partial charge is 0.276 e. The van der Waals surface area contributed by atoms with E-state index in [4.69, 9.17) is 8.94 Å². The summed E-state index contributed by atoms with van der Waals surface area (Å²) in [7, 11) is 0. The third kappa shape index (κ3) is 2.42. The number of aromatic nitrogens is 1. The lowest BCUT2D eigenvalue weighted by atomic mass is 10.2. The van der Waals surface area contributed by atoms with Gasteiger partial charge in [-0.3, -0.25) is 9.59 Å². The summed E-state index contributed by atoms with van der Waals surface area (Å²) in [6, 6.07) is 5.00. The highest BCUT2D eigenvalue weighted by Crippen LogP contribution is 2.21. The third-order valence-electron chi connectivity index (χ3n) is 3.09. The third-order valence-corrected chi connectivity index (χ3v) is 3.09. The Bertz CT molecular complexity index is 617. The van der Waals surface area contributed by atoms with E-state index in [9.17, 15) is 9.59 Å². The average Bonchev–Trinajstić information content (AvgIpc) is 3.08. The molecule has 1 aliphatic heterocycles. The van der Waals surface area contributed by atoms with Crippen LogP contribution in [0.2, 0.25) is 0 Å². The number of amides is 2. The van der Waals surface area contributed by atoms with E-state index in [-0.39, 0.29) is 17.5 Å². The molecule has 0 radical (unpaired) electrons. The van der Waals surface area contributed by atoms with Crippen LogP contribution in [0.15, 0.2) is 33.4 Å². The van der Waals surface area contributed by atoms with Gasteiger partial charge in [0, 0.05) is 32.1 Å². The van der Waals surface area contributed by atoms with Gasteiger partial charge in [-0.15, -0.1) is 0 Å². The molecule has 0 atom stereocenters. The van der Waals surface area contributed by atoms with E-state index in [1.807, 2.05) is 0 Å². The van der Waals surface area contributed by atoms with Crippen molar-refractivity contribution in [1.29, 1.82) is 0 Å². The van der Waals surface area contributed by atoms with Crippen LogP contribution < -0.4 is 5.32 Å². The first-order valence-corrected chi connectivity index (χ1v) is 6.30. The molecule has 1 aliphatic rings. The van der Waals surface area contributed by atoms with Crippen molar-refractivity contribution in [1.82, 2.24) is 15.4 Å². The van der Waals surface area contributed by atoms with Crippen molar-refractivity contribution in [2.75, 3.05) is 19.6 Å². The van der Waals surface area contributed by atoms with Crippen LogP contribution in [0.25, 0.3) is 11.5 Å². The fraction of sp³-hybridized carbons (Fsp3) is 0.308. The Morgan fingerprint density at radius 1 is 1.35 bits per heavy atom. The van der Waals surface area contributed by atoms with Crippen LogP contribution in [0.4, 0.5) is 0 Å². The maximum absolute atomic E-state index is 12.3. The molecule has 0 bridgehead atoms. The molecule has 2 amide bonds. The Morgan fingerprint density at radius 2 is 2.25 bits per heavy atom. The predicted octanol–water partition coefficient (Wildman–Crippen LogP) is 0.897. The quantitative estimate of drug-likeness (QED) is 0.879. The molecule has 1 fully saturated rings. The number of carbonyl (C=O) groups is 2. The van der Waals surface area contributed by atoms with Crippen LogP contribution >= 0.6 is 0 Å². The molecular formula is C13H13N3O4. The summed E-state index contributed by atoms with van der Waals surface area (Å²) in [6.07, 6.45) is 1.82. The summed E-state index contributed by atoms with van der Waals surface area (Å²) in [5.74, 6) is 0.631. The number of hydrogen-bond donors (Lipinski definition) is 1. The van der Waals surface area contributed by atoms with E-state index in [0.29, 0.717) is 37.6 Å². The molecule has 2 aromatic heterocycles. The van der Waals surface area contributed by atoms with Crippen molar-refractivity contribution in [3.63, 3.8) is 0 Å². The van der Waals surface area contributed by atoms with Crippen LogP contribution in [0.1, 0.15) is 16.9 Å². The standard InChI is InChI=1S/C13H13N3O4/c17-12-3-5-16(6-4-14-12)13(18)9-8-11(20-15-9)10-2-1-7-19-10/h1-2,7-8H,3-6H2,(H,14,17). The molecule has 0 unspecified atom stereocenters. The summed E-state index contributed by atoms with van der Waals surface area (Å²) in [5, 5.41) is 6.48. The van der Waals surface area contributed by atoms with Crippen molar-refractivity contribution in [3.8, 4) is 11.5 Å². The number of carbonyl (C=O) groups excluding carboxylic acids is 2. The molecule has 3 rings (SSSR count). The molecule has 0 aromatic carbocycles. The maximum Gasteiger partial charge on any atom is 0.276 e. The lowest BCUT2D eigenvalue weighted by Crippen LogP contribution is -2.34. The molecule has 0 spiro atoms. The van der Waals surface area contributed by atoms with Gasteiger partial charge in [-0.2, -0.15) is 0 Å². The van der Waals surface area contributed by atoms with Gasteiger partial charge in [-0.25, -0.2) is 0 Å². The first kappa shape index (κ1) is 12.5. The highest BCUT2D eigenvalue weighted by Gasteiger charge is 2.23. The summed E-state index contributed by atoms with van der Waals surface area (Å²) in [4.78, 5) is 25.1. The Hall–Kier alpha value is -2.57. The van der Waals surface area contributed by atoms with Crippen molar-refractivity contribution in [2.24, 2.45) is 0 Å². The largest absolute Gasteiger partial charge is 0.461 e. The predicted molar refractivity (Wildman–Crippen MR) is 67.7 cm³/mol. The molecule has 7 nitrogen and oxygen atoms in total. The Morgan fingerprint density at radius 3 is 3.05 bits per heavy atom. The second-order valence-corrected chi connectivity index (χ2v) is 4.45. The highest BCUT2D eigenvalue weighted by atomic mass is 16.5. The van der Waals surface area contributed by atoms with Gasteiger partial charge in [0.2, 0.25) is 11.7 Å². The van der Waals surface area contributed by atoms with Crippen molar-refractivity contribution < 1.29 is 18.5 Å². The molecular weight excluding hydrogens is 262 g/mol. The Balaban J connectivity index is 1.75. The minimum Gasteiger partial charge on any atom is -0.461 e. The number of furan rings is 1. The summed E-state index contributed by atoms with van der Waals surface area (Å²) in [5.41, 5.74) is 0.214. The Kier molecular flexibility index (Phi) is 3.24. The van der Waals surface area contributed by atoms with Gasteiger partial charge < -0.3 is 19.2 Å². The molecule has 20 heavy (non-hydrogen) atoms. The zero-order valence-corrected chi connectivity index (χ0v) is 10.7. The van der Waals surface area contributed by atoms with Crippen molar-refractivity contribution in [2.45, 2.75) is 6.42 Å². The van der Waals surface area contributed by atoms with Gasteiger partial charge in [0.05, 0.1) is 6.26 Å². The zero-order chi connectivity index (χ0) is 13.9. The van der Waals surface area contributed by atoms with Gasteiger partial charge in [0.15, 0.2) is 11.5 Å². The van der Waals surface area contributed by atoms with Crippen LogP contribution in [0.3, 0.4) is 0 Å². The van der Waals surface area contributed by atoms with Crippen LogP contribution in [-0.2, 0) is 4.79 Å². The van der Waals surface area contributed by atoms with E-state index in [1.54, 1.807) is 23.1 Å². The molecule has 1 N–H and O–H groups in total. The maximum atomic E-state index is 12.3. The second kappa shape index (κ2) is 5.20. The molecule has 2 aromatic rings. The first-order chi connectivity index (χ1) is 9.74. The topological polar surface area (TPSA) is 88.6 Å². The molecule has 3 heterocycles. The monoisotopic (exact) mass is 275 g/mol. The van der Waals surface area contributed by atoms with E-state index in [2.05, 4.69) is 10.5 Å². The number of hydrogen-bond acceptors (Lipinski definition) is 5. The fourth-order valence-corrected chi connectivity index (χ4v) is 2.04. The van der Waals surface area contributed by atoms with Gasteiger partial charge >= 0.3 is 0 Å². The van der Waals surface area contributed by atoms with E-state index >= 15 is 0 Å². The fourth-order valence-electron chi connectivity index (χ4n) is 2.04. The van der Waals surface area contributed by atoms with Crippen molar-refractivity contribution >= 4 is 11.8 Å². The molecule has 0 aliphatic carbocycles. The normalized spacial score (nSPS) is 15.8. The molecule has 7 heteroatoms. The summed E-state index contributed by atoms with van der Waals surface area (Å²) >= 11 is 0. The minimum absolute atomic E-state index is 0.0447. The second-order valence-electron chi connectivity index (χ2n) is 4.45. The van der Waals surface area contributed by atoms with Gasteiger partial charge in [0.1, 0.15) is 0 Å². The highest BCUT2D eigenvalue weighted by molar-refractivity contribution is 5.93. The summed E-state index contributed by atoms with van der Waals surface area (Å²) in [6.45, 7) is 1.30. The van der Waals surface area contributed by atoms with Gasteiger partial charge in [-0.1, -0.05) is 5.16 Å². The lowest BCUT2D eigenvalue weighted by molar-refractivity contribution is -0.120. The molecule has 104 valence electrons. The van der Waals surface area contributed by atoms with Gasteiger partial charge in [-0.05, 0) is 12.1 Å². The van der Waals surface area contributed by atoms with Crippen molar-refractivity contribution in [3.05, 3.63) is 30.2 Å². The lowest BCUT2D eigenvalue weighted by Gasteiger charge is -2.17. The Labute approximate surface area is 114 Å². The van der Waals surface area contributed by atoms with Gasteiger partial charge in [0.25, 0.3) is 5.91 Å². The molecule has 1 saturated heterocycles. The number of nitrogens with one attached hydrogen (secondary N) is 1. The zero-order valence-electron chi connectivity index (χ0n) is 10.7. The van der Waals surface area contributed by atoms with Crippen LogP contribution in [-0.4, -0.2) is 41.5 Å². The summed E-state index contributed by atoms with van der Waals surface area (Å²) < 4.78 is 10.3. The van der Waals surface area contributed by atoms with Crippen LogP contribution in [0.5, 0.6) is 0 Å². The molecule has 0 saturated carbocycles. The minimum atomic E-state index is -0.247. The average molecular weight is 275 g/mol.